The van der Waals surface area contributed by atoms with Gasteiger partial charge in [0.25, 0.3) is 0 Å². The quantitative estimate of drug-likeness (QED) is 0.784. The van der Waals surface area contributed by atoms with Crippen molar-refractivity contribution in [1.82, 2.24) is 9.78 Å². The number of amides is 1. The molecule has 0 aromatic carbocycles. The lowest BCUT2D eigenvalue weighted by atomic mass is 10.2. The number of aliphatic carboxylic acids is 1. The van der Waals surface area contributed by atoms with Crippen molar-refractivity contribution in [2.45, 2.75) is 44.8 Å². The smallest absolute Gasteiger partial charge is 0.303 e. The van der Waals surface area contributed by atoms with Gasteiger partial charge in [0.05, 0.1) is 24.5 Å². The molecule has 0 aliphatic carbocycles. The number of carbonyl (C=O) groups excluding carboxylic acids is 1. The van der Waals surface area contributed by atoms with Crippen molar-refractivity contribution in [1.29, 1.82) is 0 Å². The van der Waals surface area contributed by atoms with Gasteiger partial charge in [-0.25, -0.2) is 0 Å². The van der Waals surface area contributed by atoms with E-state index in [4.69, 9.17) is 9.84 Å². The summed E-state index contributed by atoms with van der Waals surface area (Å²) in [5.41, 5.74) is 0.628. The first-order valence-corrected chi connectivity index (χ1v) is 6.79. The van der Waals surface area contributed by atoms with E-state index < -0.39 is 5.97 Å². The van der Waals surface area contributed by atoms with E-state index in [0.717, 1.165) is 19.4 Å². The highest BCUT2D eigenvalue weighted by Crippen LogP contribution is 2.15. The molecule has 1 aromatic heterocycles. The van der Waals surface area contributed by atoms with E-state index in [-0.39, 0.29) is 24.9 Å². The molecule has 0 bridgehead atoms. The Kier molecular flexibility index (Phi) is 5.11. The lowest BCUT2D eigenvalue weighted by molar-refractivity contribution is -0.137. The minimum Gasteiger partial charge on any atom is -0.481 e. The monoisotopic (exact) mass is 281 g/mol. The average molecular weight is 281 g/mol. The second-order valence-corrected chi connectivity index (χ2v) is 4.88. The van der Waals surface area contributed by atoms with Gasteiger partial charge in [-0.15, -0.1) is 0 Å². The highest BCUT2D eigenvalue weighted by atomic mass is 16.5. The first-order chi connectivity index (χ1) is 9.63. The first kappa shape index (κ1) is 14.5. The van der Waals surface area contributed by atoms with Gasteiger partial charge in [0.2, 0.25) is 5.91 Å². The Hall–Kier alpha value is -1.89. The highest BCUT2D eigenvalue weighted by Gasteiger charge is 2.16. The lowest BCUT2D eigenvalue weighted by Crippen LogP contribution is -2.15. The normalized spacial score (nSPS) is 18.1. The molecular weight excluding hydrogens is 262 g/mol. The molecule has 1 aliphatic heterocycles. The van der Waals surface area contributed by atoms with Crippen molar-refractivity contribution in [3.63, 3.8) is 0 Å². The fraction of sp³-hybridized carbons (Fsp3) is 0.615. The molecule has 7 heteroatoms. The molecule has 0 radical (unpaired) electrons. The standard InChI is InChI=1S/C13H19N3O4/c17-12(4-1-5-13(18)19)15-10-7-14-16(8-10)9-11-3-2-6-20-11/h7-8,11H,1-6,9H2,(H,15,17)(H,18,19). The number of anilines is 1. The molecule has 0 spiro atoms. The minimum atomic E-state index is -0.887. The van der Waals surface area contributed by atoms with Crippen LogP contribution < -0.4 is 5.32 Å². The molecular formula is C13H19N3O4. The maximum absolute atomic E-state index is 11.6. The third kappa shape index (κ3) is 4.65. The van der Waals surface area contributed by atoms with E-state index in [0.29, 0.717) is 18.7 Å². The Morgan fingerprint density at radius 2 is 2.35 bits per heavy atom. The molecule has 1 unspecified atom stereocenters. The molecule has 0 saturated carbocycles. The summed E-state index contributed by atoms with van der Waals surface area (Å²) in [6.45, 7) is 1.49. The first-order valence-electron chi connectivity index (χ1n) is 6.79. The molecule has 7 nitrogen and oxygen atoms in total. The van der Waals surface area contributed by atoms with Crippen LogP contribution in [0.2, 0.25) is 0 Å². The maximum Gasteiger partial charge on any atom is 0.303 e. The number of carboxylic acid groups (broad SMARTS) is 1. The van der Waals surface area contributed by atoms with Crippen molar-refractivity contribution >= 4 is 17.6 Å². The van der Waals surface area contributed by atoms with Crippen molar-refractivity contribution in [2.24, 2.45) is 0 Å². The SMILES string of the molecule is O=C(O)CCCC(=O)Nc1cnn(CC2CCCO2)c1. The predicted molar refractivity (Wildman–Crippen MR) is 71.3 cm³/mol. The van der Waals surface area contributed by atoms with Gasteiger partial charge >= 0.3 is 5.97 Å². The molecule has 2 heterocycles. The van der Waals surface area contributed by atoms with E-state index in [1.54, 1.807) is 17.1 Å². The predicted octanol–water partition coefficient (Wildman–Crippen LogP) is 1.26. The molecule has 1 fully saturated rings. The van der Waals surface area contributed by atoms with Crippen LogP contribution >= 0.6 is 0 Å². The zero-order valence-electron chi connectivity index (χ0n) is 11.2. The molecule has 1 aliphatic rings. The van der Waals surface area contributed by atoms with Gasteiger partial charge in [0.1, 0.15) is 0 Å². The zero-order valence-corrected chi connectivity index (χ0v) is 11.2. The van der Waals surface area contributed by atoms with Crippen LogP contribution in [0.3, 0.4) is 0 Å². The minimum absolute atomic E-state index is 0.00566. The lowest BCUT2D eigenvalue weighted by Gasteiger charge is -2.08. The van der Waals surface area contributed by atoms with Crippen LogP contribution in [0.1, 0.15) is 32.1 Å². The van der Waals surface area contributed by atoms with Crippen LogP contribution in [0.15, 0.2) is 12.4 Å². The number of hydrogen-bond donors (Lipinski definition) is 2. The molecule has 110 valence electrons. The van der Waals surface area contributed by atoms with Crippen LogP contribution in [0.25, 0.3) is 0 Å². The third-order valence-corrected chi connectivity index (χ3v) is 3.13. The summed E-state index contributed by atoms with van der Waals surface area (Å²) in [7, 11) is 0. The van der Waals surface area contributed by atoms with Crippen molar-refractivity contribution in [3.8, 4) is 0 Å². The number of carbonyl (C=O) groups is 2. The second-order valence-electron chi connectivity index (χ2n) is 4.88. The summed E-state index contributed by atoms with van der Waals surface area (Å²) in [5, 5.41) is 15.4. The van der Waals surface area contributed by atoms with Crippen LogP contribution in [-0.4, -0.2) is 39.5 Å². The summed E-state index contributed by atoms with van der Waals surface area (Å²) in [6.07, 6.45) is 6.21. The summed E-state index contributed by atoms with van der Waals surface area (Å²) in [5.74, 6) is -1.08. The largest absolute Gasteiger partial charge is 0.481 e. The van der Waals surface area contributed by atoms with Gasteiger partial charge in [-0.3, -0.25) is 14.3 Å². The summed E-state index contributed by atoms with van der Waals surface area (Å²) < 4.78 is 7.27. The highest BCUT2D eigenvalue weighted by molar-refractivity contribution is 5.90. The van der Waals surface area contributed by atoms with Crippen molar-refractivity contribution in [3.05, 3.63) is 12.4 Å². The van der Waals surface area contributed by atoms with Gasteiger partial charge in [-0.05, 0) is 19.3 Å². The van der Waals surface area contributed by atoms with Crippen LogP contribution in [0.5, 0.6) is 0 Å². The fourth-order valence-electron chi connectivity index (χ4n) is 2.15. The average Bonchev–Trinajstić information content (AvgIpc) is 3.01. The zero-order chi connectivity index (χ0) is 14.4. The van der Waals surface area contributed by atoms with E-state index >= 15 is 0 Å². The molecule has 2 N–H and O–H groups in total. The molecule has 2 rings (SSSR count). The summed E-state index contributed by atoms with van der Waals surface area (Å²) in [6, 6.07) is 0. The number of hydrogen-bond acceptors (Lipinski definition) is 4. The Bertz CT molecular complexity index is 466. The van der Waals surface area contributed by atoms with Crippen molar-refractivity contribution in [2.75, 3.05) is 11.9 Å². The molecule has 1 atom stereocenters. The summed E-state index contributed by atoms with van der Waals surface area (Å²) >= 11 is 0. The Labute approximate surface area is 116 Å². The third-order valence-electron chi connectivity index (χ3n) is 3.13. The second kappa shape index (κ2) is 7.04. The van der Waals surface area contributed by atoms with E-state index in [1.807, 2.05) is 0 Å². The molecule has 1 saturated heterocycles. The molecule has 20 heavy (non-hydrogen) atoms. The number of nitrogens with zero attached hydrogens (tertiary/aromatic N) is 2. The van der Waals surface area contributed by atoms with Crippen molar-refractivity contribution < 1.29 is 19.4 Å². The number of rotatable bonds is 7. The number of aromatic nitrogens is 2. The number of carboxylic acids is 1. The van der Waals surface area contributed by atoms with Gasteiger partial charge in [0.15, 0.2) is 0 Å². The van der Waals surface area contributed by atoms with Crippen LogP contribution in [0.4, 0.5) is 5.69 Å². The van der Waals surface area contributed by atoms with Gasteiger partial charge in [-0.2, -0.15) is 5.10 Å². The Balaban J connectivity index is 1.74. The number of nitrogens with one attached hydrogen (secondary N) is 1. The topological polar surface area (TPSA) is 93.5 Å². The van der Waals surface area contributed by atoms with Gasteiger partial charge in [0, 0.05) is 25.6 Å². The molecule has 1 amide bonds. The Morgan fingerprint density at radius 3 is 3.05 bits per heavy atom. The van der Waals surface area contributed by atoms with E-state index in [9.17, 15) is 9.59 Å². The molecule has 1 aromatic rings. The summed E-state index contributed by atoms with van der Waals surface area (Å²) in [4.78, 5) is 21.9. The number of ether oxygens (including phenoxy) is 1. The van der Waals surface area contributed by atoms with Gasteiger partial charge in [-0.1, -0.05) is 0 Å². The van der Waals surface area contributed by atoms with Crippen LogP contribution in [-0.2, 0) is 20.9 Å². The van der Waals surface area contributed by atoms with E-state index in [1.165, 1.54) is 0 Å². The maximum atomic E-state index is 11.6. The van der Waals surface area contributed by atoms with Crippen LogP contribution in [0, 0.1) is 0 Å². The van der Waals surface area contributed by atoms with Gasteiger partial charge < -0.3 is 15.2 Å². The fourth-order valence-corrected chi connectivity index (χ4v) is 2.15. The Morgan fingerprint density at radius 1 is 1.50 bits per heavy atom. The van der Waals surface area contributed by atoms with E-state index in [2.05, 4.69) is 10.4 Å².